The Hall–Kier alpha value is -3.96. The van der Waals surface area contributed by atoms with Gasteiger partial charge in [0, 0.05) is 24.2 Å². The van der Waals surface area contributed by atoms with E-state index in [-0.39, 0.29) is 43.2 Å². The molecular formula is C23H24N2O9. The lowest BCUT2D eigenvalue weighted by Crippen LogP contribution is -2.33. The van der Waals surface area contributed by atoms with Crippen LogP contribution >= 0.6 is 0 Å². The lowest BCUT2D eigenvalue weighted by atomic mass is 9.95. The minimum atomic E-state index is -0.979. The number of nitro groups is 1. The number of nitro benzene ring substituents is 1. The molecule has 3 rings (SSSR count). The Morgan fingerprint density at radius 3 is 2.32 bits per heavy atom. The predicted molar refractivity (Wildman–Crippen MR) is 120 cm³/mol. The molecule has 2 aromatic rings. The number of aliphatic hydroxyl groups excluding tert-OH is 2. The third-order valence-electron chi connectivity index (χ3n) is 5.33. The number of nitrogens with zero attached hydrogens (tertiary/aromatic N) is 2. The maximum absolute atomic E-state index is 13.0. The van der Waals surface area contributed by atoms with Crippen LogP contribution in [0.2, 0.25) is 0 Å². The van der Waals surface area contributed by atoms with E-state index in [0.29, 0.717) is 17.1 Å². The fraction of sp³-hybridized carbons (Fsp3) is 0.304. The van der Waals surface area contributed by atoms with E-state index >= 15 is 0 Å². The zero-order valence-electron chi connectivity index (χ0n) is 18.6. The van der Waals surface area contributed by atoms with Crippen molar-refractivity contribution in [1.29, 1.82) is 0 Å². The van der Waals surface area contributed by atoms with Gasteiger partial charge < -0.3 is 29.3 Å². The molecular weight excluding hydrogens is 448 g/mol. The van der Waals surface area contributed by atoms with Gasteiger partial charge in [-0.25, -0.2) is 0 Å². The SMILES string of the molecule is COc1ccc([C@@H]2/C(=C(\O)c3ccc([N+](=O)[O-])cc3)C(=O)C(=O)N2CCOCCO)cc1OC. The summed E-state index contributed by atoms with van der Waals surface area (Å²) in [6.07, 6.45) is 0. The molecule has 1 heterocycles. The Morgan fingerprint density at radius 2 is 1.74 bits per heavy atom. The Balaban J connectivity index is 2.11. The van der Waals surface area contributed by atoms with Gasteiger partial charge in [0.15, 0.2) is 11.5 Å². The van der Waals surface area contributed by atoms with Crippen LogP contribution in [0.5, 0.6) is 11.5 Å². The maximum atomic E-state index is 13.0. The molecule has 34 heavy (non-hydrogen) atoms. The number of aliphatic hydroxyl groups is 2. The minimum Gasteiger partial charge on any atom is -0.507 e. The van der Waals surface area contributed by atoms with Crippen molar-refractivity contribution in [3.63, 3.8) is 0 Å². The molecule has 0 saturated carbocycles. The standard InChI is InChI=1S/C23H24N2O9/c1-32-17-8-5-15(13-18(17)33-2)20-19(21(27)14-3-6-16(7-4-14)25(30)31)22(28)23(29)24(20)9-11-34-12-10-26/h3-8,13,20,26-27H,9-12H2,1-2H3/b21-19+/t20-/m1/s1. The van der Waals surface area contributed by atoms with Crippen LogP contribution in [-0.2, 0) is 14.3 Å². The first-order chi connectivity index (χ1) is 16.3. The molecule has 0 unspecified atom stereocenters. The molecule has 11 heteroatoms. The van der Waals surface area contributed by atoms with Crippen LogP contribution < -0.4 is 9.47 Å². The summed E-state index contributed by atoms with van der Waals surface area (Å²) in [6, 6.07) is 8.87. The number of amides is 1. The maximum Gasteiger partial charge on any atom is 0.295 e. The van der Waals surface area contributed by atoms with Gasteiger partial charge in [-0.2, -0.15) is 0 Å². The first kappa shape index (κ1) is 24.7. The van der Waals surface area contributed by atoms with Crippen molar-refractivity contribution in [2.45, 2.75) is 6.04 Å². The van der Waals surface area contributed by atoms with E-state index < -0.39 is 28.4 Å². The zero-order chi connectivity index (χ0) is 24.8. The highest BCUT2D eigenvalue weighted by molar-refractivity contribution is 6.46. The average molecular weight is 472 g/mol. The van der Waals surface area contributed by atoms with Gasteiger partial charge in [0.2, 0.25) is 0 Å². The topological polar surface area (TPSA) is 149 Å². The fourth-order valence-electron chi connectivity index (χ4n) is 3.71. The summed E-state index contributed by atoms with van der Waals surface area (Å²) in [4.78, 5) is 37.5. The highest BCUT2D eigenvalue weighted by Gasteiger charge is 2.46. The number of hydrogen-bond donors (Lipinski definition) is 2. The molecule has 0 aliphatic carbocycles. The molecule has 0 bridgehead atoms. The van der Waals surface area contributed by atoms with Gasteiger partial charge in [0.1, 0.15) is 5.76 Å². The zero-order valence-corrected chi connectivity index (χ0v) is 18.6. The van der Waals surface area contributed by atoms with Crippen LogP contribution in [0, 0.1) is 10.1 Å². The summed E-state index contributed by atoms with van der Waals surface area (Å²) in [5, 5.41) is 30.9. The van der Waals surface area contributed by atoms with E-state index in [1.54, 1.807) is 18.2 Å². The van der Waals surface area contributed by atoms with Crippen molar-refractivity contribution in [1.82, 2.24) is 4.90 Å². The Labute approximate surface area is 194 Å². The molecule has 1 saturated heterocycles. The lowest BCUT2D eigenvalue weighted by molar-refractivity contribution is -0.384. The number of hydrogen-bond acceptors (Lipinski definition) is 9. The summed E-state index contributed by atoms with van der Waals surface area (Å²) in [5.41, 5.74) is 0.260. The highest BCUT2D eigenvalue weighted by atomic mass is 16.6. The Kier molecular flexibility index (Phi) is 7.82. The number of ether oxygens (including phenoxy) is 3. The van der Waals surface area contributed by atoms with E-state index in [1.165, 1.54) is 43.4 Å². The first-order valence-electron chi connectivity index (χ1n) is 10.3. The van der Waals surface area contributed by atoms with Crippen LogP contribution in [-0.4, -0.2) is 72.3 Å². The summed E-state index contributed by atoms with van der Waals surface area (Å²) in [7, 11) is 2.91. The molecule has 2 aromatic carbocycles. The van der Waals surface area contributed by atoms with Gasteiger partial charge >= 0.3 is 0 Å². The molecule has 0 spiro atoms. The Morgan fingerprint density at radius 1 is 1.06 bits per heavy atom. The largest absolute Gasteiger partial charge is 0.507 e. The number of carbonyl (C=O) groups excluding carboxylic acids is 2. The van der Waals surface area contributed by atoms with Gasteiger partial charge in [-0.05, 0) is 29.8 Å². The third kappa shape index (κ3) is 4.85. The quantitative estimate of drug-likeness (QED) is 0.132. The second-order valence-corrected chi connectivity index (χ2v) is 7.25. The van der Waals surface area contributed by atoms with Crippen LogP contribution in [0.3, 0.4) is 0 Å². The van der Waals surface area contributed by atoms with Crippen molar-refractivity contribution in [3.05, 3.63) is 69.3 Å². The van der Waals surface area contributed by atoms with Crippen molar-refractivity contribution in [3.8, 4) is 11.5 Å². The number of likely N-dealkylation sites (tertiary alicyclic amines) is 1. The molecule has 1 aliphatic rings. The number of Topliss-reactive ketones (excluding diaryl/α,β-unsaturated/α-hetero) is 1. The van der Waals surface area contributed by atoms with E-state index in [2.05, 4.69) is 0 Å². The normalized spacial score (nSPS) is 17.1. The fourth-order valence-corrected chi connectivity index (χ4v) is 3.71. The van der Waals surface area contributed by atoms with Crippen molar-refractivity contribution in [2.75, 3.05) is 40.6 Å². The van der Waals surface area contributed by atoms with Crippen molar-refractivity contribution < 1.29 is 38.9 Å². The molecule has 11 nitrogen and oxygen atoms in total. The Bertz CT molecular complexity index is 1110. The first-order valence-corrected chi connectivity index (χ1v) is 10.3. The number of non-ortho nitro benzene ring substituents is 1. The van der Waals surface area contributed by atoms with Crippen LogP contribution in [0.4, 0.5) is 5.69 Å². The number of ketones is 1. The van der Waals surface area contributed by atoms with Gasteiger partial charge in [0.25, 0.3) is 17.4 Å². The summed E-state index contributed by atoms with van der Waals surface area (Å²) in [5.74, 6) is -1.41. The van der Waals surface area contributed by atoms with Gasteiger partial charge in [-0.1, -0.05) is 6.07 Å². The van der Waals surface area contributed by atoms with Gasteiger partial charge in [-0.15, -0.1) is 0 Å². The minimum absolute atomic E-state index is 0.0145. The number of methoxy groups -OCH3 is 2. The smallest absolute Gasteiger partial charge is 0.295 e. The molecule has 1 amide bonds. The third-order valence-corrected chi connectivity index (χ3v) is 5.33. The van der Waals surface area contributed by atoms with Crippen LogP contribution in [0.15, 0.2) is 48.0 Å². The van der Waals surface area contributed by atoms with Gasteiger partial charge in [-0.3, -0.25) is 19.7 Å². The van der Waals surface area contributed by atoms with E-state index in [9.17, 15) is 24.8 Å². The molecule has 1 fully saturated rings. The second-order valence-electron chi connectivity index (χ2n) is 7.25. The summed E-state index contributed by atoms with van der Waals surface area (Å²) >= 11 is 0. The monoisotopic (exact) mass is 472 g/mol. The second kappa shape index (κ2) is 10.8. The van der Waals surface area contributed by atoms with Crippen LogP contribution in [0.25, 0.3) is 5.76 Å². The van der Waals surface area contributed by atoms with Gasteiger partial charge in [0.05, 0.1) is 50.6 Å². The molecule has 1 atom stereocenters. The highest BCUT2D eigenvalue weighted by Crippen LogP contribution is 2.41. The number of benzene rings is 2. The lowest BCUT2D eigenvalue weighted by Gasteiger charge is -2.26. The average Bonchev–Trinajstić information content (AvgIpc) is 3.10. The van der Waals surface area contributed by atoms with E-state index in [4.69, 9.17) is 19.3 Å². The van der Waals surface area contributed by atoms with Crippen molar-refractivity contribution in [2.24, 2.45) is 0 Å². The van der Waals surface area contributed by atoms with E-state index in [1.807, 2.05) is 0 Å². The van der Waals surface area contributed by atoms with E-state index in [0.717, 1.165) is 0 Å². The predicted octanol–water partition coefficient (Wildman–Crippen LogP) is 2.04. The molecule has 0 radical (unpaired) electrons. The number of rotatable bonds is 10. The molecule has 180 valence electrons. The van der Waals surface area contributed by atoms with Crippen LogP contribution in [0.1, 0.15) is 17.2 Å². The summed E-state index contributed by atoms with van der Waals surface area (Å²) < 4.78 is 15.9. The summed E-state index contributed by atoms with van der Waals surface area (Å²) in [6.45, 7) is -0.0681. The molecule has 1 aliphatic heterocycles. The molecule has 0 aromatic heterocycles. The van der Waals surface area contributed by atoms with Crippen molar-refractivity contribution >= 4 is 23.1 Å². The number of carbonyl (C=O) groups is 2. The molecule has 2 N–H and O–H groups in total.